The van der Waals surface area contributed by atoms with Crippen LogP contribution in [0.25, 0.3) is 0 Å². The minimum atomic E-state index is 0.274. The zero-order valence-electron chi connectivity index (χ0n) is 12.0. The summed E-state index contributed by atoms with van der Waals surface area (Å²) in [5.41, 5.74) is 0.274. The van der Waals surface area contributed by atoms with Crippen molar-refractivity contribution in [1.82, 2.24) is 10.2 Å². The summed E-state index contributed by atoms with van der Waals surface area (Å²) in [5, 5.41) is 3.66. The van der Waals surface area contributed by atoms with Crippen LogP contribution in [0.2, 0.25) is 0 Å². The van der Waals surface area contributed by atoms with Gasteiger partial charge < -0.3 is 10.2 Å². The van der Waals surface area contributed by atoms with E-state index in [1.807, 2.05) is 0 Å². The maximum absolute atomic E-state index is 3.66. The molecule has 1 atom stereocenters. The van der Waals surface area contributed by atoms with Crippen molar-refractivity contribution in [3.05, 3.63) is 0 Å². The molecule has 2 aliphatic rings. The lowest BCUT2D eigenvalue weighted by atomic mass is 9.96. The molecule has 2 rings (SSSR count). The highest BCUT2D eigenvalue weighted by Gasteiger charge is 2.25. The molecule has 0 aromatic rings. The highest BCUT2D eigenvalue weighted by molar-refractivity contribution is 4.80. The van der Waals surface area contributed by atoms with Gasteiger partial charge in [-0.15, -0.1) is 0 Å². The van der Waals surface area contributed by atoms with Crippen LogP contribution in [0.4, 0.5) is 0 Å². The fourth-order valence-corrected chi connectivity index (χ4v) is 2.74. The number of hydrogen-bond acceptors (Lipinski definition) is 2. The van der Waals surface area contributed by atoms with Crippen LogP contribution in [0.3, 0.4) is 0 Å². The lowest BCUT2D eigenvalue weighted by Gasteiger charge is -2.34. The molecule has 0 spiro atoms. The zero-order chi connectivity index (χ0) is 12.3. The second-order valence-corrected chi connectivity index (χ2v) is 7.17. The Morgan fingerprint density at radius 1 is 1.12 bits per heavy atom. The first-order valence-corrected chi connectivity index (χ1v) is 7.50. The molecule has 2 nitrogen and oxygen atoms in total. The molecule has 0 amide bonds. The Morgan fingerprint density at radius 3 is 2.53 bits per heavy atom. The normalized spacial score (nSPS) is 27.4. The van der Waals surface area contributed by atoms with Crippen LogP contribution in [-0.4, -0.2) is 36.6 Å². The molecule has 1 heterocycles. The van der Waals surface area contributed by atoms with E-state index in [4.69, 9.17) is 0 Å². The fraction of sp³-hybridized carbons (Fsp3) is 1.00. The van der Waals surface area contributed by atoms with Crippen molar-refractivity contribution in [1.29, 1.82) is 0 Å². The highest BCUT2D eigenvalue weighted by atomic mass is 15.1. The van der Waals surface area contributed by atoms with Gasteiger partial charge >= 0.3 is 0 Å². The Morgan fingerprint density at radius 2 is 1.88 bits per heavy atom. The Hall–Kier alpha value is -0.0800. The van der Waals surface area contributed by atoms with Crippen molar-refractivity contribution in [2.45, 2.75) is 58.4 Å². The summed E-state index contributed by atoms with van der Waals surface area (Å²) in [6, 6.07) is 0. The lowest BCUT2D eigenvalue weighted by molar-refractivity contribution is 0.163. The Balaban J connectivity index is 1.64. The van der Waals surface area contributed by atoms with E-state index in [1.165, 1.54) is 58.3 Å². The SMILES string of the molecule is CC(C)(C)NCC1CCCN(CCC2CC2)C1. The van der Waals surface area contributed by atoms with E-state index < -0.39 is 0 Å². The van der Waals surface area contributed by atoms with Gasteiger partial charge in [0, 0.05) is 12.1 Å². The molecular formula is C15H30N2. The first-order chi connectivity index (χ1) is 8.03. The molecule has 2 heteroatoms. The minimum Gasteiger partial charge on any atom is -0.312 e. The minimum absolute atomic E-state index is 0.274. The number of nitrogens with zero attached hydrogens (tertiary/aromatic N) is 1. The third-order valence-electron chi connectivity index (χ3n) is 4.07. The Bertz CT molecular complexity index is 228. The number of piperidine rings is 1. The van der Waals surface area contributed by atoms with Crippen molar-refractivity contribution in [2.75, 3.05) is 26.2 Å². The van der Waals surface area contributed by atoms with E-state index in [0.29, 0.717) is 0 Å². The largest absolute Gasteiger partial charge is 0.312 e. The van der Waals surface area contributed by atoms with Crippen LogP contribution in [0.15, 0.2) is 0 Å². The molecular weight excluding hydrogens is 208 g/mol. The fourth-order valence-electron chi connectivity index (χ4n) is 2.74. The van der Waals surface area contributed by atoms with E-state index in [2.05, 4.69) is 31.0 Å². The van der Waals surface area contributed by atoms with Crippen LogP contribution >= 0.6 is 0 Å². The third-order valence-corrected chi connectivity index (χ3v) is 4.07. The predicted molar refractivity (Wildman–Crippen MR) is 74.3 cm³/mol. The van der Waals surface area contributed by atoms with Crippen molar-refractivity contribution >= 4 is 0 Å². The van der Waals surface area contributed by atoms with Crippen molar-refractivity contribution in [2.24, 2.45) is 11.8 Å². The second-order valence-electron chi connectivity index (χ2n) is 7.17. The van der Waals surface area contributed by atoms with Gasteiger partial charge in [0.05, 0.1) is 0 Å². The molecule has 17 heavy (non-hydrogen) atoms. The predicted octanol–water partition coefficient (Wildman–Crippen LogP) is 2.89. The van der Waals surface area contributed by atoms with Crippen LogP contribution in [-0.2, 0) is 0 Å². The maximum Gasteiger partial charge on any atom is 0.00966 e. The molecule has 0 aromatic heterocycles. The van der Waals surface area contributed by atoms with E-state index in [9.17, 15) is 0 Å². The lowest BCUT2D eigenvalue weighted by Crippen LogP contribution is -2.44. The topological polar surface area (TPSA) is 15.3 Å². The molecule has 1 unspecified atom stereocenters. The van der Waals surface area contributed by atoms with Gasteiger partial charge in [-0.25, -0.2) is 0 Å². The summed E-state index contributed by atoms with van der Waals surface area (Å²) in [6.45, 7) is 12.0. The number of hydrogen-bond donors (Lipinski definition) is 1. The van der Waals surface area contributed by atoms with E-state index >= 15 is 0 Å². The number of rotatable bonds is 5. The quantitative estimate of drug-likeness (QED) is 0.792. The van der Waals surface area contributed by atoms with Gasteiger partial charge in [0.2, 0.25) is 0 Å². The van der Waals surface area contributed by atoms with Gasteiger partial charge in [-0.3, -0.25) is 0 Å². The summed E-state index contributed by atoms with van der Waals surface area (Å²) >= 11 is 0. The van der Waals surface area contributed by atoms with Crippen molar-refractivity contribution in [3.63, 3.8) is 0 Å². The average Bonchev–Trinajstić information content (AvgIpc) is 3.07. The van der Waals surface area contributed by atoms with Gasteiger partial charge in [-0.05, 0) is 71.5 Å². The molecule has 0 bridgehead atoms. The van der Waals surface area contributed by atoms with Gasteiger partial charge in [-0.2, -0.15) is 0 Å². The summed E-state index contributed by atoms with van der Waals surface area (Å²) in [7, 11) is 0. The molecule has 1 aliphatic carbocycles. The molecule has 2 fully saturated rings. The number of likely N-dealkylation sites (tertiary alicyclic amines) is 1. The molecule has 1 saturated carbocycles. The second kappa shape index (κ2) is 5.71. The van der Waals surface area contributed by atoms with Gasteiger partial charge in [0.15, 0.2) is 0 Å². The zero-order valence-corrected chi connectivity index (χ0v) is 12.0. The average molecular weight is 238 g/mol. The first-order valence-electron chi connectivity index (χ1n) is 7.50. The molecule has 1 saturated heterocycles. The summed E-state index contributed by atoms with van der Waals surface area (Å²) in [5.74, 6) is 1.96. The van der Waals surface area contributed by atoms with Crippen molar-refractivity contribution in [3.8, 4) is 0 Å². The van der Waals surface area contributed by atoms with Crippen molar-refractivity contribution < 1.29 is 0 Å². The van der Waals surface area contributed by atoms with E-state index in [1.54, 1.807) is 0 Å². The summed E-state index contributed by atoms with van der Waals surface area (Å²) in [4.78, 5) is 2.71. The number of nitrogens with one attached hydrogen (secondary N) is 1. The standard InChI is InChI=1S/C15H30N2/c1-15(2,3)16-11-14-5-4-9-17(12-14)10-8-13-6-7-13/h13-14,16H,4-12H2,1-3H3. The molecule has 1 N–H and O–H groups in total. The molecule has 0 aromatic carbocycles. The molecule has 0 radical (unpaired) electrons. The van der Waals surface area contributed by atoms with Crippen LogP contribution < -0.4 is 5.32 Å². The van der Waals surface area contributed by atoms with Crippen LogP contribution in [0, 0.1) is 11.8 Å². The molecule has 1 aliphatic heterocycles. The third kappa shape index (κ3) is 5.39. The van der Waals surface area contributed by atoms with E-state index in [0.717, 1.165) is 11.8 Å². The van der Waals surface area contributed by atoms with Gasteiger partial charge in [0.1, 0.15) is 0 Å². The monoisotopic (exact) mass is 238 g/mol. The van der Waals surface area contributed by atoms with E-state index in [-0.39, 0.29) is 5.54 Å². The van der Waals surface area contributed by atoms with Gasteiger partial charge in [-0.1, -0.05) is 12.8 Å². The molecule has 100 valence electrons. The first kappa shape index (κ1) is 13.4. The highest BCUT2D eigenvalue weighted by Crippen LogP contribution is 2.32. The summed E-state index contributed by atoms with van der Waals surface area (Å²) in [6.07, 6.45) is 7.29. The Labute approximate surface area is 107 Å². The van der Waals surface area contributed by atoms with Gasteiger partial charge in [0.25, 0.3) is 0 Å². The van der Waals surface area contributed by atoms with Crippen LogP contribution in [0.5, 0.6) is 0 Å². The smallest absolute Gasteiger partial charge is 0.00966 e. The Kier molecular flexibility index (Phi) is 4.48. The maximum atomic E-state index is 3.66. The van der Waals surface area contributed by atoms with Crippen LogP contribution in [0.1, 0.15) is 52.9 Å². The summed E-state index contributed by atoms with van der Waals surface area (Å²) < 4.78 is 0.